The van der Waals surface area contributed by atoms with Crippen LogP contribution in [0.15, 0.2) is 0 Å². The zero-order valence-electron chi connectivity index (χ0n) is 14.5. The zero-order valence-corrected chi connectivity index (χ0v) is 14.5. The highest BCUT2D eigenvalue weighted by molar-refractivity contribution is 5.66. The Morgan fingerprint density at radius 3 is 2.45 bits per heavy atom. The minimum Gasteiger partial charge on any atom is -0.459 e. The molecule has 2 aliphatic carbocycles. The fourth-order valence-electron chi connectivity index (χ4n) is 5.91. The molecule has 4 heteroatoms. The van der Waals surface area contributed by atoms with Gasteiger partial charge in [-0.05, 0) is 36.5 Å². The van der Waals surface area contributed by atoms with Crippen molar-refractivity contribution >= 4 is 12.3 Å². The Morgan fingerprint density at radius 2 is 1.91 bits per heavy atom. The van der Waals surface area contributed by atoms with Crippen molar-refractivity contribution in [2.75, 3.05) is 0 Å². The fourth-order valence-corrected chi connectivity index (χ4v) is 5.91. The molecule has 1 unspecified atom stereocenters. The number of carbonyl (C=O) groups is 2. The van der Waals surface area contributed by atoms with Gasteiger partial charge in [-0.15, -0.1) is 0 Å². The van der Waals surface area contributed by atoms with Crippen molar-refractivity contribution < 1.29 is 19.4 Å². The van der Waals surface area contributed by atoms with Crippen LogP contribution in [-0.2, 0) is 14.3 Å². The van der Waals surface area contributed by atoms with Gasteiger partial charge in [0, 0.05) is 25.7 Å². The van der Waals surface area contributed by atoms with E-state index in [-0.39, 0.29) is 28.6 Å². The van der Waals surface area contributed by atoms with Gasteiger partial charge in [0.1, 0.15) is 11.9 Å². The summed E-state index contributed by atoms with van der Waals surface area (Å²) in [5.74, 6) is -0.264. The standard InChI is InChI=1S/C18H30O4/c1-12(20)22-18(5)11-13(21)15-16(2,3)8-6-9-17(15,4)14(18)7-10-19/h10,13-15,21H,6-9,11H2,1-5H3/t13-,14+,15?,17+,18+/m0/s1. The molecule has 0 amide bonds. The van der Waals surface area contributed by atoms with Crippen LogP contribution in [0.2, 0.25) is 0 Å². The second-order valence-corrected chi connectivity index (χ2v) is 8.46. The van der Waals surface area contributed by atoms with Crippen molar-refractivity contribution in [2.45, 2.75) is 78.4 Å². The van der Waals surface area contributed by atoms with Crippen LogP contribution < -0.4 is 0 Å². The fraction of sp³-hybridized carbons (Fsp3) is 0.889. The Hall–Kier alpha value is -0.900. The summed E-state index contributed by atoms with van der Waals surface area (Å²) in [6, 6.07) is 0. The summed E-state index contributed by atoms with van der Waals surface area (Å²) in [4.78, 5) is 22.9. The van der Waals surface area contributed by atoms with Crippen LogP contribution in [0.25, 0.3) is 0 Å². The Morgan fingerprint density at radius 1 is 1.27 bits per heavy atom. The smallest absolute Gasteiger partial charge is 0.303 e. The highest BCUT2D eigenvalue weighted by Gasteiger charge is 2.62. The number of aldehydes is 1. The van der Waals surface area contributed by atoms with Crippen LogP contribution in [0.1, 0.15) is 66.7 Å². The highest BCUT2D eigenvalue weighted by Crippen LogP contribution is 2.63. The Bertz CT molecular complexity index is 458. The van der Waals surface area contributed by atoms with Crippen molar-refractivity contribution in [3.8, 4) is 0 Å². The van der Waals surface area contributed by atoms with Gasteiger partial charge < -0.3 is 14.6 Å². The van der Waals surface area contributed by atoms with E-state index in [1.807, 2.05) is 6.92 Å². The normalized spacial score (nSPS) is 44.0. The summed E-state index contributed by atoms with van der Waals surface area (Å²) < 4.78 is 5.64. The summed E-state index contributed by atoms with van der Waals surface area (Å²) in [7, 11) is 0. The molecule has 0 aliphatic heterocycles. The predicted octanol–water partition coefficient (Wildman–Crippen LogP) is 3.11. The van der Waals surface area contributed by atoms with Gasteiger partial charge in [-0.2, -0.15) is 0 Å². The third-order valence-corrected chi connectivity index (χ3v) is 6.33. The molecule has 4 nitrogen and oxygen atoms in total. The molecule has 0 aromatic carbocycles. The summed E-state index contributed by atoms with van der Waals surface area (Å²) >= 11 is 0. The van der Waals surface area contributed by atoms with Crippen LogP contribution in [0, 0.1) is 22.7 Å². The summed E-state index contributed by atoms with van der Waals surface area (Å²) in [5, 5.41) is 10.9. The van der Waals surface area contributed by atoms with Crippen molar-refractivity contribution in [1.82, 2.24) is 0 Å². The van der Waals surface area contributed by atoms with Gasteiger partial charge in [-0.1, -0.05) is 27.2 Å². The number of rotatable bonds is 3. The molecule has 0 aromatic rings. The lowest BCUT2D eigenvalue weighted by Crippen LogP contribution is -2.63. The number of ether oxygens (including phenoxy) is 1. The molecule has 0 heterocycles. The first-order valence-corrected chi connectivity index (χ1v) is 8.38. The predicted molar refractivity (Wildman–Crippen MR) is 84.2 cm³/mol. The van der Waals surface area contributed by atoms with Gasteiger partial charge in [0.2, 0.25) is 0 Å². The number of aliphatic hydroxyl groups excluding tert-OH is 1. The minimum absolute atomic E-state index is 0.0328. The maximum Gasteiger partial charge on any atom is 0.303 e. The van der Waals surface area contributed by atoms with Crippen molar-refractivity contribution in [2.24, 2.45) is 22.7 Å². The topological polar surface area (TPSA) is 63.6 Å². The molecule has 0 saturated heterocycles. The molecule has 22 heavy (non-hydrogen) atoms. The first-order valence-electron chi connectivity index (χ1n) is 8.38. The van der Waals surface area contributed by atoms with Gasteiger partial charge in [0.05, 0.1) is 6.10 Å². The summed E-state index contributed by atoms with van der Waals surface area (Å²) in [6.45, 7) is 9.88. The van der Waals surface area contributed by atoms with Crippen molar-refractivity contribution in [3.63, 3.8) is 0 Å². The molecular weight excluding hydrogens is 280 g/mol. The largest absolute Gasteiger partial charge is 0.459 e. The quantitative estimate of drug-likeness (QED) is 0.642. The van der Waals surface area contributed by atoms with Crippen LogP contribution in [0.4, 0.5) is 0 Å². The summed E-state index contributed by atoms with van der Waals surface area (Å²) in [5.41, 5.74) is -0.930. The number of hydrogen-bond donors (Lipinski definition) is 1. The van der Waals surface area contributed by atoms with E-state index in [2.05, 4.69) is 20.8 Å². The van der Waals surface area contributed by atoms with Gasteiger partial charge in [0.25, 0.3) is 0 Å². The molecule has 0 spiro atoms. The number of esters is 1. The third-order valence-electron chi connectivity index (χ3n) is 6.33. The first-order chi connectivity index (χ1) is 10.1. The van der Waals surface area contributed by atoms with E-state index in [0.29, 0.717) is 12.8 Å². The molecule has 2 rings (SSSR count). The Labute approximate surface area is 133 Å². The van der Waals surface area contributed by atoms with Gasteiger partial charge in [-0.3, -0.25) is 4.79 Å². The van der Waals surface area contributed by atoms with E-state index >= 15 is 0 Å². The molecule has 1 N–H and O–H groups in total. The minimum atomic E-state index is -0.773. The average Bonchev–Trinajstić information content (AvgIpc) is 2.31. The lowest BCUT2D eigenvalue weighted by atomic mass is 9.44. The van der Waals surface area contributed by atoms with E-state index in [9.17, 15) is 14.7 Å². The first kappa shape index (κ1) is 17.5. The second kappa shape index (κ2) is 5.63. The van der Waals surface area contributed by atoms with E-state index in [1.165, 1.54) is 6.92 Å². The summed E-state index contributed by atoms with van der Waals surface area (Å²) in [6.07, 6.45) is 4.35. The second-order valence-electron chi connectivity index (χ2n) is 8.46. The van der Waals surface area contributed by atoms with Crippen LogP contribution in [0.3, 0.4) is 0 Å². The van der Waals surface area contributed by atoms with E-state index in [0.717, 1.165) is 25.5 Å². The maximum absolute atomic E-state index is 11.6. The van der Waals surface area contributed by atoms with E-state index in [1.54, 1.807) is 0 Å². The molecule has 2 saturated carbocycles. The molecule has 126 valence electrons. The van der Waals surface area contributed by atoms with Crippen LogP contribution in [-0.4, -0.2) is 29.1 Å². The van der Waals surface area contributed by atoms with Gasteiger partial charge in [-0.25, -0.2) is 0 Å². The van der Waals surface area contributed by atoms with Gasteiger partial charge in [0.15, 0.2) is 0 Å². The average molecular weight is 310 g/mol. The van der Waals surface area contributed by atoms with E-state index in [4.69, 9.17) is 4.74 Å². The highest BCUT2D eigenvalue weighted by atomic mass is 16.6. The number of aliphatic hydroxyl groups is 1. The SMILES string of the molecule is CC(=O)O[C@]1(C)C[C@H](O)C2C(C)(C)CCC[C@]2(C)[C@H]1CC=O. The van der Waals surface area contributed by atoms with Crippen LogP contribution >= 0.6 is 0 Å². The lowest BCUT2D eigenvalue weighted by molar-refractivity contribution is -0.227. The Balaban J connectivity index is 2.48. The molecule has 0 aromatic heterocycles. The molecular formula is C18H30O4. The monoisotopic (exact) mass is 310 g/mol. The molecule has 2 fully saturated rings. The lowest BCUT2D eigenvalue weighted by Gasteiger charge is -2.63. The van der Waals surface area contributed by atoms with Crippen molar-refractivity contribution in [3.05, 3.63) is 0 Å². The molecule has 0 bridgehead atoms. The van der Waals surface area contributed by atoms with Gasteiger partial charge >= 0.3 is 5.97 Å². The maximum atomic E-state index is 11.6. The zero-order chi connectivity index (χ0) is 16.8. The number of carbonyl (C=O) groups excluding carboxylic acids is 2. The third kappa shape index (κ3) is 2.70. The molecule has 5 atom stereocenters. The molecule has 0 radical (unpaired) electrons. The van der Waals surface area contributed by atoms with Crippen LogP contribution in [0.5, 0.6) is 0 Å². The van der Waals surface area contributed by atoms with Crippen molar-refractivity contribution in [1.29, 1.82) is 0 Å². The van der Waals surface area contributed by atoms with E-state index < -0.39 is 11.7 Å². The Kier molecular flexibility index (Phi) is 4.46. The number of hydrogen-bond acceptors (Lipinski definition) is 4. The number of fused-ring (bicyclic) bond motifs is 1. The molecule has 2 aliphatic rings.